The lowest BCUT2D eigenvalue weighted by molar-refractivity contribution is 0.601. The van der Waals surface area contributed by atoms with E-state index in [1.165, 1.54) is 30.3 Å². The highest BCUT2D eigenvalue weighted by molar-refractivity contribution is 9.10. The molecular weight excluding hydrogens is 359 g/mol. The number of nitrogens with one attached hydrogen (secondary N) is 1. The predicted octanol–water partition coefficient (Wildman–Crippen LogP) is 3.57. The van der Waals surface area contributed by atoms with E-state index in [9.17, 15) is 12.8 Å². The molecule has 2 rings (SSSR count). The Morgan fingerprint density at radius 1 is 1.29 bits per heavy atom. The zero-order chi connectivity index (χ0) is 15.6. The molecule has 0 heterocycles. The Morgan fingerprint density at radius 2 is 2.00 bits per heavy atom. The van der Waals surface area contributed by atoms with Crippen molar-refractivity contribution < 1.29 is 12.8 Å². The highest BCUT2D eigenvalue weighted by atomic mass is 79.9. The van der Waals surface area contributed by atoms with Gasteiger partial charge in [-0.3, -0.25) is 4.72 Å². The number of hydrogen-bond acceptors (Lipinski definition) is 3. The fraction of sp³-hybridized carbons (Fsp3) is 0.0714. The van der Waals surface area contributed by atoms with Gasteiger partial charge < -0.3 is 0 Å². The summed E-state index contributed by atoms with van der Waals surface area (Å²) in [6.07, 6.45) is 0. The van der Waals surface area contributed by atoms with Gasteiger partial charge in [0.25, 0.3) is 10.0 Å². The summed E-state index contributed by atoms with van der Waals surface area (Å²) in [6.45, 7) is 1.66. The molecule has 0 spiro atoms. The first-order chi connectivity index (χ1) is 9.83. The second kappa shape index (κ2) is 5.84. The molecule has 0 amide bonds. The normalized spacial score (nSPS) is 11.0. The summed E-state index contributed by atoms with van der Waals surface area (Å²) in [5.41, 5.74) is 0.956. The molecule has 0 aromatic heterocycles. The van der Waals surface area contributed by atoms with Crippen LogP contribution in [0.2, 0.25) is 0 Å². The van der Waals surface area contributed by atoms with Crippen LogP contribution in [0.25, 0.3) is 0 Å². The van der Waals surface area contributed by atoms with Gasteiger partial charge in [-0.25, -0.2) is 12.8 Å². The topological polar surface area (TPSA) is 70.0 Å². The average Bonchev–Trinajstić information content (AvgIpc) is 2.44. The molecular formula is C14H10BrFN2O2S. The lowest BCUT2D eigenvalue weighted by Gasteiger charge is -2.11. The van der Waals surface area contributed by atoms with Crippen LogP contribution < -0.4 is 4.72 Å². The lowest BCUT2D eigenvalue weighted by Crippen LogP contribution is -2.14. The number of hydrogen-bond donors (Lipinski definition) is 1. The Balaban J connectivity index is 2.42. The van der Waals surface area contributed by atoms with Gasteiger partial charge in [-0.05, 0) is 58.7 Å². The monoisotopic (exact) mass is 368 g/mol. The van der Waals surface area contributed by atoms with Crippen LogP contribution in [-0.4, -0.2) is 8.42 Å². The SMILES string of the molecule is Cc1cc(Br)c(F)cc1NS(=O)(=O)c1cccc(C#N)c1. The third kappa shape index (κ3) is 3.40. The van der Waals surface area contributed by atoms with Crippen molar-refractivity contribution in [3.63, 3.8) is 0 Å². The second-order valence-electron chi connectivity index (χ2n) is 4.33. The van der Waals surface area contributed by atoms with Crippen molar-refractivity contribution in [2.24, 2.45) is 0 Å². The molecule has 0 aliphatic heterocycles. The minimum Gasteiger partial charge on any atom is -0.279 e. The number of rotatable bonds is 3. The zero-order valence-corrected chi connectivity index (χ0v) is 13.3. The first kappa shape index (κ1) is 15.5. The van der Waals surface area contributed by atoms with E-state index in [4.69, 9.17) is 5.26 Å². The molecule has 7 heteroatoms. The van der Waals surface area contributed by atoms with E-state index in [1.807, 2.05) is 6.07 Å². The molecule has 0 aliphatic rings. The van der Waals surface area contributed by atoms with E-state index >= 15 is 0 Å². The standard InChI is InChI=1S/C14H10BrFN2O2S/c1-9-5-12(15)13(16)7-14(9)18-21(19,20)11-4-2-3-10(6-11)8-17/h2-7,18H,1H3. The first-order valence-corrected chi connectivity index (χ1v) is 8.10. The van der Waals surface area contributed by atoms with Crippen molar-refractivity contribution in [2.75, 3.05) is 4.72 Å². The molecule has 2 aromatic carbocycles. The van der Waals surface area contributed by atoms with Crippen LogP contribution in [0.5, 0.6) is 0 Å². The summed E-state index contributed by atoms with van der Waals surface area (Å²) >= 11 is 3.04. The molecule has 0 radical (unpaired) electrons. The van der Waals surface area contributed by atoms with Crippen LogP contribution in [0.3, 0.4) is 0 Å². The molecule has 0 unspecified atom stereocenters. The van der Waals surface area contributed by atoms with Gasteiger partial charge in [0.2, 0.25) is 0 Å². The molecule has 1 N–H and O–H groups in total. The fourth-order valence-corrected chi connectivity index (χ4v) is 3.32. The van der Waals surface area contributed by atoms with E-state index in [0.717, 1.165) is 6.07 Å². The number of anilines is 1. The molecule has 0 saturated carbocycles. The van der Waals surface area contributed by atoms with Gasteiger partial charge in [-0.1, -0.05) is 6.07 Å². The number of sulfonamides is 1. The average molecular weight is 369 g/mol. The summed E-state index contributed by atoms with van der Waals surface area (Å²) < 4.78 is 40.6. The van der Waals surface area contributed by atoms with Gasteiger partial charge in [0.1, 0.15) is 5.82 Å². The second-order valence-corrected chi connectivity index (χ2v) is 6.86. The van der Waals surface area contributed by atoms with Crippen LogP contribution in [-0.2, 0) is 10.0 Å². The molecule has 0 bridgehead atoms. The third-order valence-electron chi connectivity index (χ3n) is 2.79. The van der Waals surface area contributed by atoms with Crippen LogP contribution >= 0.6 is 15.9 Å². The van der Waals surface area contributed by atoms with Crippen LogP contribution in [0.4, 0.5) is 10.1 Å². The highest BCUT2D eigenvalue weighted by Gasteiger charge is 2.17. The Morgan fingerprint density at radius 3 is 2.67 bits per heavy atom. The lowest BCUT2D eigenvalue weighted by atomic mass is 10.2. The number of benzene rings is 2. The van der Waals surface area contributed by atoms with Gasteiger partial charge in [0, 0.05) is 0 Å². The zero-order valence-electron chi connectivity index (χ0n) is 10.9. The third-order valence-corrected chi connectivity index (χ3v) is 4.76. The van der Waals surface area contributed by atoms with Gasteiger partial charge in [-0.15, -0.1) is 0 Å². The van der Waals surface area contributed by atoms with E-state index in [0.29, 0.717) is 5.56 Å². The quantitative estimate of drug-likeness (QED) is 0.899. The Labute approximate surface area is 130 Å². The van der Waals surface area contributed by atoms with E-state index in [1.54, 1.807) is 6.92 Å². The maximum Gasteiger partial charge on any atom is 0.261 e. The van der Waals surface area contributed by atoms with Gasteiger partial charge >= 0.3 is 0 Å². The van der Waals surface area contributed by atoms with Gasteiger partial charge in [0.15, 0.2) is 0 Å². The first-order valence-electron chi connectivity index (χ1n) is 5.82. The molecule has 0 fully saturated rings. The van der Waals surface area contributed by atoms with Crippen molar-refractivity contribution in [3.8, 4) is 6.07 Å². The summed E-state index contributed by atoms with van der Waals surface area (Å²) in [5, 5.41) is 8.81. The maximum atomic E-state index is 13.5. The fourth-order valence-electron chi connectivity index (χ4n) is 1.69. The van der Waals surface area contributed by atoms with Crippen LogP contribution in [0.1, 0.15) is 11.1 Å². The Hall–Kier alpha value is -1.91. The van der Waals surface area contributed by atoms with E-state index in [2.05, 4.69) is 20.7 Å². The molecule has 0 saturated heterocycles. The van der Waals surface area contributed by atoms with Crippen molar-refractivity contribution in [2.45, 2.75) is 11.8 Å². The maximum absolute atomic E-state index is 13.5. The number of nitrogens with zero attached hydrogens (tertiary/aromatic N) is 1. The van der Waals surface area contributed by atoms with E-state index in [-0.39, 0.29) is 20.6 Å². The molecule has 0 aliphatic carbocycles. The summed E-state index contributed by atoms with van der Waals surface area (Å²) in [5.74, 6) is -0.566. The van der Waals surface area contributed by atoms with Crippen molar-refractivity contribution >= 4 is 31.6 Å². The number of aryl methyl sites for hydroxylation is 1. The molecule has 4 nitrogen and oxygen atoms in total. The predicted molar refractivity (Wildman–Crippen MR) is 80.8 cm³/mol. The number of halogens is 2. The smallest absolute Gasteiger partial charge is 0.261 e. The Kier molecular flexibility index (Phi) is 4.30. The number of nitriles is 1. The Bertz CT molecular complexity index is 845. The van der Waals surface area contributed by atoms with Crippen LogP contribution in [0, 0.1) is 24.1 Å². The largest absolute Gasteiger partial charge is 0.279 e. The molecule has 21 heavy (non-hydrogen) atoms. The minimum atomic E-state index is -3.88. The van der Waals surface area contributed by atoms with E-state index < -0.39 is 15.8 Å². The summed E-state index contributed by atoms with van der Waals surface area (Å²) in [4.78, 5) is -0.0516. The van der Waals surface area contributed by atoms with Gasteiger partial charge in [-0.2, -0.15) is 5.26 Å². The van der Waals surface area contributed by atoms with Crippen molar-refractivity contribution in [1.82, 2.24) is 0 Å². The summed E-state index contributed by atoms with van der Waals surface area (Å²) in [6, 6.07) is 10.1. The van der Waals surface area contributed by atoms with Gasteiger partial charge in [0.05, 0.1) is 26.7 Å². The van der Waals surface area contributed by atoms with Crippen molar-refractivity contribution in [1.29, 1.82) is 5.26 Å². The minimum absolute atomic E-state index is 0.0516. The van der Waals surface area contributed by atoms with Crippen molar-refractivity contribution in [3.05, 3.63) is 57.8 Å². The molecule has 2 aromatic rings. The molecule has 108 valence electrons. The van der Waals surface area contributed by atoms with Crippen LogP contribution in [0.15, 0.2) is 45.8 Å². The highest BCUT2D eigenvalue weighted by Crippen LogP contribution is 2.26. The summed E-state index contributed by atoms with van der Waals surface area (Å²) in [7, 11) is -3.88. The molecule has 0 atom stereocenters.